The van der Waals surface area contributed by atoms with E-state index in [2.05, 4.69) is 27.8 Å². The highest BCUT2D eigenvalue weighted by Crippen LogP contribution is 2.53. The second-order valence-electron chi connectivity index (χ2n) is 17.1. The molecule has 2 saturated carbocycles. The Bertz CT molecular complexity index is 2360. The SMILES string of the molecule is COC(=O)N[C@H](C(=O)N1C(c2ncc(-c3cnc4cc(-c5ccc6c(c5)CC([C@@H]5C[C@H]7C[C@H]7N5C(=O)[C@@H](NC(=O)OC)C(C)C)=N6)ccc4n3)[nH]2)C[C@H]2C[C@H]21)C(C)C. The van der Waals surface area contributed by atoms with E-state index >= 15 is 0 Å². The monoisotopic (exact) mass is 787 g/mol. The fourth-order valence-electron chi connectivity index (χ4n) is 9.36. The van der Waals surface area contributed by atoms with Crippen molar-refractivity contribution in [2.45, 2.75) is 96.1 Å². The van der Waals surface area contributed by atoms with Crippen molar-refractivity contribution in [1.29, 1.82) is 0 Å². The number of aromatic amines is 1. The molecule has 58 heavy (non-hydrogen) atoms. The van der Waals surface area contributed by atoms with Crippen LogP contribution in [0.1, 0.15) is 70.8 Å². The molecule has 5 aliphatic rings. The Balaban J connectivity index is 0.894. The van der Waals surface area contributed by atoms with Crippen LogP contribution in [-0.2, 0) is 25.5 Å². The number of piperidine rings is 2. The van der Waals surface area contributed by atoms with Gasteiger partial charge in [0.15, 0.2) is 0 Å². The van der Waals surface area contributed by atoms with Crippen LogP contribution in [0.15, 0.2) is 53.8 Å². The molecule has 0 bridgehead atoms. The van der Waals surface area contributed by atoms with Crippen molar-refractivity contribution in [3.63, 3.8) is 0 Å². The summed E-state index contributed by atoms with van der Waals surface area (Å²) >= 11 is 0. The van der Waals surface area contributed by atoms with Crippen LogP contribution in [0, 0.1) is 23.7 Å². The third-order valence-corrected chi connectivity index (χ3v) is 12.7. The standard InChI is InChI=1S/C43H49N9O6/c1-20(2)37(49-42(55)57-5)40(53)51-33-14-25(33)16-35(51)30-13-24-11-22(7-9-27(24)46-30)23-8-10-28-29(12-23)44-18-31(47-28)32-19-45-39(48-32)36-17-26-15-34(26)52(36)41(54)38(21(3)4)50-43(56)58-6/h7-12,18-21,25-26,33-38H,13-17H2,1-6H3,(H,45,48)(H,49,55)(H,50,56)/t25-,26-,33-,34-,35+,36?,37+,38+/m1/s1. The van der Waals surface area contributed by atoms with Gasteiger partial charge in [0.05, 0.1) is 61.1 Å². The average Bonchev–Trinajstić information content (AvgIpc) is 3.84. The van der Waals surface area contributed by atoms with Crippen LogP contribution in [0.5, 0.6) is 0 Å². The first-order valence-corrected chi connectivity index (χ1v) is 20.3. The maximum absolute atomic E-state index is 13.9. The summed E-state index contributed by atoms with van der Waals surface area (Å²) in [5.41, 5.74) is 7.93. The molecule has 0 spiro atoms. The molecule has 15 nitrogen and oxygen atoms in total. The molecule has 8 atom stereocenters. The minimum atomic E-state index is -0.699. The summed E-state index contributed by atoms with van der Waals surface area (Å²) < 4.78 is 9.61. The van der Waals surface area contributed by atoms with Crippen molar-refractivity contribution in [2.24, 2.45) is 28.7 Å². The van der Waals surface area contributed by atoms with E-state index in [1.165, 1.54) is 14.2 Å². The quantitative estimate of drug-likeness (QED) is 0.181. The van der Waals surface area contributed by atoms with Crippen LogP contribution < -0.4 is 10.6 Å². The lowest BCUT2D eigenvalue weighted by Crippen LogP contribution is -2.55. The fraction of sp³-hybridized carbons (Fsp3) is 0.488. The Morgan fingerprint density at radius 1 is 0.741 bits per heavy atom. The van der Waals surface area contributed by atoms with Gasteiger partial charge < -0.3 is 34.9 Å². The zero-order valence-corrected chi connectivity index (χ0v) is 33.6. The number of likely N-dealkylation sites (tertiary alicyclic amines) is 2. The summed E-state index contributed by atoms with van der Waals surface area (Å²) in [6.07, 6.45) is 6.55. The van der Waals surface area contributed by atoms with E-state index in [0.29, 0.717) is 35.5 Å². The van der Waals surface area contributed by atoms with Gasteiger partial charge in [-0.1, -0.05) is 39.8 Å². The van der Waals surface area contributed by atoms with Crippen LogP contribution in [0.2, 0.25) is 0 Å². The molecule has 4 aromatic rings. The van der Waals surface area contributed by atoms with Crippen molar-refractivity contribution in [3.05, 3.63) is 60.2 Å². The Hall–Kier alpha value is -5.86. The summed E-state index contributed by atoms with van der Waals surface area (Å²) in [6, 6.07) is 11.0. The van der Waals surface area contributed by atoms with E-state index < -0.39 is 24.3 Å². The molecule has 302 valence electrons. The van der Waals surface area contributed by atoms with E-state index in [0.717, 1.165) is 64.8 Å². The number of nitrogens with one attached hydrogen (secondary N) is 3. The number of alkyl carbamates (subject to hydrolysis) is 2. The first-order valence-electron chi connectivity index (χ1n) is 20.3. The highest BCUT2D eigenvalue weighted by molar-refractivity contribution is 6.02. The molecule has 2 saturated heterocycles. The number of aromatic nitrogens is 4. The first-order chi connectivity index (χ1) is 27.9. The van der Waals surface area contributed by atoms with Crippen molar-refractivity contribution in [3.8, 4) is 22.5 Å². The number of methoxy groups -OCH3 is 2. The molecule has 2 aromatic heterocycles. The van der Waals surface area contributed by atoms with Crippen molar-refractivity contribution >= 4 is 46.4 Å². The van der Waals surface area contributed by atoms with Crippen molar-refractivity contribution in [1.82, 2.24) is 40.4 Å². The maximum Gasteiger partial charge on any atom is 0.407 e. The minimum absolute atomic E-state index is 0.0713. The first kappa shape index (κ1) is 37.7. The molecule has 1 unspecified atom stereocenters. The Kier molecular flexibility index (Phi) is 9.43. The summed E-state index contributed by atoms with van der Waals surface area (Å²) in [5, 5.41) is 5.49. The van der Waals surface area contributed by atoms with Gasteiger partial charge in [-0.05, 0) is 90.3 Å². The summed E-state index contributed by atoms with van der Waals surface area (Å²) in [4.78, 5) is 78.6. The number of fused-ring (bicyclic) bond motifs is 4. The van der Waals surface area contributed by atoms with Crippen LogP contribution in [0.25, 0.3) is 33.5 Å². The van der Waals surface area contributed by atoms with E-state index in [4.69, 9.17) is 29.4 Å². The van der Waals surface area contributed by atoms with E-state index in [-0.39, 0.29) is 47.8 Å². The van der Waals surface area contributed by atoms with E-state index in [1.807, 2.05) is 61.8 Å². The van der Waals surface area contributed by atoms with Crippen LogP contribution in [0.4, 0.5) is 15.3 Å². The predicted octanol–water partition coefficient (Wildman–Crippen LogP) is 5.73. The zero-order valence-electron chi connectivity index (χ0n) is 33.6. The van der Waals surface area contributed by atoms with Gasteiger partial charge >= 0.3 is 12.2 Å². The number of benzene rings is 2. The molecule has 2 aliphatic carbocycles. The highest BCUT2D eigenvalue weighted by atomic mass is 16.5. The summed E-state index contributed by atoms with van der Waals surface area (Å²) in [6.45, 7) is 7.68. The van der Waals surface area contributed by atoms with E-state index in [9.17, 15) is 19.2 Å². The largest absolute Gasteiger partial charge is 0.453 e. The number of aliphatic imine (C=N–C) groups is 1. The number of amides is 4. The van der Waals surface area contributed by atoms with Gasteiger partial charge in [0.25, 0.3) is 0 Å². The second kappa shape index (κ2) is 14.5. The molecule has 3 N–H and O–H groups in total. The molecular formula is C43H49N9O6. The maximum atomic E-state index is 13.9. The number of carbonyl (C=O) groups excluding carboxylic acids is 4. The number of ether oxygens (including phenoxy) is 2. The Morgan fingerprint density at radius 2 is 1.34 bits per heavy atom. The van der Waals surface area contributed by atoms with Gasteiger partial charge in [0, 0.05) is 24.2 Å². The molecule has 4 amide bonds. The van der Waals surface area contributed by atoms with Crippen molar-refractivity contribution in [2.75, 3.05) is 14.2 Å². The van der Waals surface area contributed by atoms with Gasteiger partial charge in [-0.15, -0.1) is 0 Å². The second-order valence-corrected chi connectivity index (χ2v) is 17.1. The number of H-pyrrole nitrogens is 1. The number of hydrogen-bond acceptors (Lipinski definition) is 10. The molecule has 5 heterocycles. The highest BCUT2D eigenvalue weighted by Gasteiger charge is 2.57. The van der Waals surface area contributed by atoms with Gasteiger partial charge in [-0.25, -0.2) is 19.6 Å². The third-order valence-electron chi connectivity index (χ3n) is 12.7. The van der Waals surface area contributed by atoms with Gasteiger partial charge in [-0.2, -0.15) is 0 Å². The number of carbonyl (C=O) groups is 4. The number of rotatable bonds is 10. The summed E-state index contributed by atoms with van der Waals surface area (Å²) in [5.74, 6) is 1.18. The molecule has 0 radical (unpaired) electrons. The number of hydrogen-bond donors (Lipinski definition) is 3. The smallest absolute Gasteiger partial charge is 0.407 e. The zero-order chi connectivity index (χ0) is 40.6. The van der Waals surface area contributed by atoms with Gasteiger partial charge in [-0.3, -0.25) is 19.6 Å². The lowest BCUT2D eigenvalue weighted by Gasteiger charge is -2.32. The Labute approximate surface area is 336 Å². The summed E-state index contributed by atoms with van der Waals surface area (Å²) in [7, 11) is 2.60. The molecular weight excluding hydrogens is 739 g/mol. The Morgan fingerprint density at radius 3 is 1.98 bits per heavy atom. The lowest BCUT2D eigenvalue weighted by atomic mass is 9.97. The molecule has 15 heteroatoms. The van der Waals surface area contributed by atoms with Crippen molar-refractivity contribution < 1.29 is 28.7 Å². The molecule has 3 aliphatic heterocycles. The fourth-order valence-corrected chi connectivity index (χ4v) is 9.36. The van der Waals surface area contributed by atoms with E-state index in [1.54, 1.807) is 12.4 Å². The molecule has 2 aromatic carbocycles. The average molecular weight is 788 g/mol. The number of nitrogens with zero attached hydrogens (tertiary/aromatic N) is 6. The number of imidazole rings is 1. The predicted molar refractivity (Wildman–Crippen MR) is 215 cm³/mol. The normalized spacial score (nSPS) is 24.9. The third kappa shape index (κ3) is 6.73. The van der Waals surface area contributed by atoms with Gasteiger partial charge in [0.1, 0.15) is 23.6 Å². The van der Waals surface area contributed by atoms with Crippen LogP contribution in [-0.4, -0.2) is 104 Å². The molecule has 9 rings (SSSR count). The topological polar surface area (TPSA) is 184 Å². The van der Waals surface area contributed by atoms with Gasteiger partial charge in [0.2, 0.25) is 11.8 Å². The molecule has 4 fully saturated rings. The lowest BCUT2D eigenvalue weighted by molar-refractivity contribution is -0.137. The van der Waals surface area contributed by atoms with Crippen LogP contribution >= 0.6 is 0 Å². The minimum Gasteiger partial charge on any atom is -0.453 e. The van der Waals surface area contributed by atoms with Crippen LogP contribution in [0.3, 0.4) is 0 Å².